The SMILES string of the molecule is CCNC(CCCOCC)c1cc(C)c(C)cc1C. The molecule has 1 N–H and O–H groups in total. The second kappa shape index (κ2) is 8.34. The van der Waals surface area contributed by atoms with E-state index in [1.807, 2.05) is 0 Å². The van der Waals surface area contributed by atoms with Gasteiger partial charge in [0.05, 0.1) is 0 Å². The number of aryl methyl sites for hydroxylation is 3. The molecule has 0 fully saturated rings. The molecule has 0 saturated carbocycles. The van der Waals surface area contributed by atoms with Crippen molar-refractivity contribution in [3.8, 4) is 0 Å². The van der Waals surface area contributed by atoms with Crippen LogP contribution in [0.3, 0.4) is 0 Å². The third kappa shape index (κ3) is 4.96. The van der Waals surface area contributed by atoms with Gasteiger partial charge in [-0.2, -0.15) is 0 Å². The van der Waals surface area contributed by atoms with Crippen molar-refractivity contribution in [3.05, 3.63) is 34.4 Å². The summed E-state index contributed by atoms with van der Waals surface area (Å²) in [7, 11) is 0. The van der Waals surface area contributed by atoms with Crippen LogP contribution >= 0.6 is 0 Å². The van der Waals surface area contributed by atoms with Crippen molar-refractivity contribution in [1.29, 1.82) is 0 Å². The van der Waals surface area contributed by atoms with Crippen molar-refractivity contribution < 1.29 is 4.74 Å². The molecule has 0 amide bonds. The van der Waals surface area contributed by atoms with E-state index >= 15 is 0 Å². The van der Waals surface area contributed by atoms with E-state index in [0.29, 0.717) is 6.04 Å². The zero-order valence-electron chi connectivity index (χ0n) is 13.2. The number of ether oxygens (including phenoxy) is 1. The number of benzene rings is 1. The first kappa shape index (κ1) is 16.2. The Morgan fingerprint density at radius 3 is 2.37 bits per heavy atom. The molecule has 0 aliphatic carbocycles. The highest BCUT2D eigenvalue weighted by Crippen LogP contribution is 2.25. The predicted molar refractivity (Wildman–Crippen MR) is 82.8 cm³/mol. The van der Waals surface area contributed by atoms with Gasteiger partial charge >= 0.3 is 0 Å². The van der Waals surface area contributed by atoms with Crippen molar-refractivity contribution in [3.63, 3.8) is 0 Å². The maximum absolute atomic E-state index is 5.44. The molecule has 108 valence electrons. The molecule has 0 heterocycles. The minimum atomic E-state index is 0.449. The third-order valence-corrected chi connectivity index (χ3v) is 3.69. The number of rotatable bonds is 8. The van der Waals surface area contributed by atoms with Gasteiger partial charge in [0.25, 0.3) is 0 Å². The van der Waals surface area contributed by atoms with Crippen LogP contribution in [-0.2, 0) is 4.74 Å². The molecule has 0 spiro atoms. The lowest BCUT2D eigenvalue weighted by Gasteiger charge is -2.22. The van der Waals surface area contributed by atoms with Crippen LogP contribution in [0.15, 0.2) is 12.1 Å². The molecule has 19 heavy (non-hydrogen) atoms. The summed E-state index contributed by atoms with van der Waals surface area (Å²) in [5.41, 5.74) is 5.60. The van der Waals surface area contributed by atoms with Crippen LogP contribution in [-0.4, -0.2) is 19.8 Å². The molecular formula is C17H29NO. The Labute approximate surface area is 118 Å². The summed E-state index contributed by atoms with van der Waals surface area (Å²) in [5.74, 6) is 0. The van der Waals surface area contributed by atoms with Gasteiger partial charge in [-0.3, -0.25) is 0 Å². The standard InChI is InChI=1S/C17H29NO/c1-6-18-17(9-8-10-19-7-2)16-12-14(4)13(3)11-15(16)5/h11-12,17-18H,6-10H2,1-5H3. The maximum atomic E-state index is 5.44. The average molecular weight is 263 g/mol. The molecule has 1 aromatic carbocycles. The van der Waals surface area contributed by atoms with Crippen molar-refractivity contribution in [1.82, 2.24) is 5.32 Å². The van der Waals surface area contributed by atoms with Gasteiger partial charge in [0.15, 0.2) is 0 Å². The van der Waals surface area contributed by atoms with Crippen molar-refractivity contribution in [2.24, 2.45) is 0 Å². The minimum Gasteiger partial charge on any atom is -0.382 e. The summed E-state index contributed by atoms with van der Waals surface area (Å²) in [4.78, 5) is 0. The van der Waals surface area contributed by atoms with Crippen LogP contribution in [0.2, 0.25) is 0 Å². The molecule has 2 heteroatoms. The predicted octanol–water partition coefficient (Wildman–Crippen LogP) is 4.08. The Kier molecular flexibility index (Phi) is 7.11. The highest BCUT2D eigenvalue weighted by molar-refractivity contribution is 5.38. The minimum absolute atomic E-state index is 0.449. The molecule has 0 aromatic heterocycles. The summed E-state index contributed by atoms with van der Waals surface area (Å²) in [5, 5.41) is 3.61. The Morgan fingerprint density at radius 1 is 1.05 bits per heavy atom. The molecular weight excluding hydrogens is 234 g/mol. The lowest BCUT2D eigenvalue weighted by molar-refractivity contribution is 0.141. The molecule has 1 atom stereocenters. The van der Waals surface area contributed by atoms with E-state index in [9.17, 15) is 0 Å². The average Bonchev–Trinajstić information content (AvgIpc) is 2.38. The molecule has 0 aliphatic rings. The molecule has 1 unspecified atom stereocenters. The second-order valence-electron chi connectivity index (χ2n) is 5.24. The monoisotopic (exact) mass is 263 g/mol. The van der Waals surface area contributed by atoms with E-state index in [0.717, 1.165) is 32.6 Å². The first-order valence-electron chi connectivity index (χ1n) is 7.49. The smallest absolute Gasteiger partial charge is 0.0466 e. The number of nitrogens with one attached hydrogen (secondary N) is 1. The molecule has 0 bridgehead atoms. The lowest BCUT2D eigenvalue weighted by atomic mass is 9.93. The Balaban J connectivity index is 2.77. The van der Waals surface area contributed by atoms with Crippen LogP contribution in [0.5, 0.6) is 0 Å². The number of hydrogen-bond acceptors (Lipinski definition) is 2. The van der Waals surface area contributed by atoms with Gasteiger partial charge < -0.3 is 10.1 Å². The van der Waals surface area contributed by atoms with Crippen LogP contribution < -0.4 is 5.32 Å². The quantitative estimate of drug-likeness (QED) is 0.714. The summed E-state index contributed by atoms with van der Waals surface area (Å²) in [6.07, 6.45) is 2.25. The fraction of sp³-hybridized carbons (Fsp3) is 0.647. The molecule has 1 aromatic rings. The summed E-state index contributed by atoms with van der Waals surface area (Å²) in [6, 6.07) is 5.10. The highest BCUT2D eigenvalue weighted by atomic mass is 16.5. The zero-order valence-corrected chi connectivity index (χ0v) is 13.2. The van der Waals surface area contributed by atoms with E-state index in [1.54, 1.807) is 0 Å². The first-order chi connectivity index (χ1) is 9.10. The normalized spacial score (nSPS) is 12.7. The maximum Gasteiger partial charge on any atom is 0.0466 e. The van der Waals surface area contributed by atoms with E-state index in [2.05, 4.69) is 52.1 Å². The summed E-state index contributed by atoms with van der Waals surface area (Å²) >= 11 is 0. The van der Waals surface area contributed by atoms with Crippen LogP contribution in [0.1, 0.15) is 55.0 Å². The zero-order chi connectivity index (χ0) is 14.3. The summed E-state index contributed by atoms with van der Waals surface area (Å²) in [6.45, 7) is 13.5. The Hall–Kier alpha value is -0.860. The Morgan fingerprint density at radius 2 is 1.74 bits per heavy atom. The lowest BCUT2D eigenvalue weighted by Crippen LogP contribution is -2.22. The fourth-order valence-electron chi connectivity index (χ4n) is 2.51. The van der Waals surface area contributed by atoms with Crippen LogP contribution in [0, 0.1) is 20.8 Å². The highest BCUT2D eigenvalue weighted by Gasteiger charge is 2.13. The first-order valence-corrected chi connectivity index (χ1v) is 7.49. The van der Waals surface area contributed by atoms with Crippen molar-refractivity contribution >= 4 is 0 Å². The molecule has 2 nitrogen and oxygen atoms in total. The molecule has 0 saturated heterocycles. The van der Waals surface area contributed by atoms with Gasteiger partial charge in [0.2, 0.25) is 0 Å². The fourth-order valence-corrected chi connectivity index (χ4v) is 2.51. The number of hydrogen-bond donors (Lipinski definition) is 1. The van der Waals surface area contributed by atoms with E-state index in [4.69, 9.17) is 4.74 Å². The van der Waals surface area contributed by atoms with Crippen molar-refractivity contribution in [2.75, 3.05) is 19.8 Å². The second-order valence-corrected chi connectivity index (χ2v) is 5.24. The van der Waals surface area contributed by atoms with E-state index in [-0.39, 0.29) is 0 Å². The van der Waals surface area contributed by atoms with Crippen LogP contribution in [0.4, 0.5) is 0 Å². The van der Waals surface area contributed by atoms with E-state index in [1.165, 1.54) is 22.3 Å². The molecule has 0 aliphatic heterocycles. The van der Waals surface area contributed by atoms with Crippen LogP contribution in [0.25, 0.3) is 0 Å². The third-order valence-electron chi connectivity index (χ3n) is 3.69. The van der Waals surface area contributed by atoms with Gasteiger partial charge in [-0.05, 0) is 69.3 Å². The van der Waals surface area contributed by atoms with Gasteiger partial charge in [0, 0.05) is 19.3 Å². The van der Waals surface area contributed by atoms with Gasteiger partial charge in [-0.15, -0.1) is 0 Å². The summed E-state index contributed by atoms with van der Waals surface area (Å²) < 4.78 is 5.44. The van der Waals surface area contributed by atoms with Gasteiger partial charge in [-0.25, -0.2) is 0 Å². The van der Waals surface area contributed by atoms with Crippen molar-refractivity contribution in [2.45, 2.75) is 53.5 Å². The topological polar surface area (TPSA) is 21.3 Å². The Bertz CT molecular complexity index is 387. The molecule has 0 radical (unpaired) electrons. The van der Waals surface area contributed by atoms with Gasteiger partial charge in [-0.1, -0.05) is 19.1 Å². The van der Waals surface area contributed by atoms with E-state index < -0.39 is 0 Å². The molecule has 1 rings (SSSR count). The van der Waals surface area contributed by atoms with Gasteiger partial charge in [0.1, 0.15) is 0 Å². The largest absolute Gasteiger partial charge is 0.382 e.